The van der Waals surface area contributed by atoms with Gasteiger partial charge >= 0.3 is 0 Å². The number of nitrogens with one attached hydrogen (secondary N) is 1. The quantitative estimate of drug-likeness (QED) is 0.861. The Kier molecular flexibility index (Phi) is 4.41. The van der Waals surface area contributed by atoms with Gasteiger partial charge in [-0.15, -0.1) is 0 Å². The van der Waals surface area contributed by atoms with Gasteiger partial charge in [0.25, 0.3) is 0 Å². The molecular weight excluding hydrogens is 310 g/mol. The van der Waals surface area contributed by atoms with Crippen LogP contribution in [0.1, 0.15) is 18.0 Å². The number of rotatable bonds is 1. The Morgan fingerprint density at radius 1 is 1.50 bits per heavy atom. The van der Waals surface area contributed by atoms with Gasteiger partial charge in [-0.25, -0.2) is 0 Å². The zero-order chi connectivity index (χ0) is 11.5. The first-order valence-electron chi connectivity index (χ1n) is 5.20. The van der Waals surface area contributed by atoms with Crippen LogP contribution in [0.5, 0.6) is 0 Å². The number of benzene rings is 1. The molecule has 0 aromatic heterocycles. The standard InChI is InChI=1S/C11H13BrClNOS/c12-8-2-3-9(10(13)6-8)11-7-16(15)5-1-4-14-11/h2-3,6,11,14H,1,4-5,7H2. The van der Waals surface area contributed by atoms with E-state index in [1.165, 1.54) is 0 Å². The van der Waals surface area contributed by atoms with Gasteiger partial charge in [0, 0.05) is 37.8 Å². The van der Waals surface area contributed by atoms with Crippen molar-refractivity contribution in [2.45, 2.75) is 12.5 Å². The lowest BCUT2D eigenvalue weighted by atomic mass is 10.1. The van der Waals surface area contributed by atoms with Gasteiger partial charge in [-0.2, -0.15) is 0 Å². The maximum Gasteiger partial charge on any atom is 0.0465 e. The minimum absolute atomic E-state index is 0.115. The summed E-state index contributed by atoms with van der Waals surface area (Å²) >= 11 is 9.58. The SMILES string of the molecule is O=S1CCCNC(c2ccc(Br)cc2Cl)C1. The molecule has 0 saturated carbocycles. The Morgan fingerprint density at radius 3 is 3.06 bits per heavy atom. The highest BCUT2D eigenvalue weighted by atomic mass is 79.9. The summed E-state index contributed by atoms with van der Waals surface area (Å²) < 4.78 is 12.6. The van der Waals surface area contributed by atoms with E-state index >= 15 is 0 Å². The topological polar surface area (TPSA) is 29.1 Å². The summed E-state index contributed by atoms with van der Waals surface area (Å²) in [4.78, 5) is 0. The highest BCUT2D eigenvalue weighted by molar-refractivity contribution is 9.10. The van der Waals surface area contributed by atoms with E-state index in [2.05, 4.69) is 21.2 Å². The van der Waals surface area contributed by atoms with Crippen LogP contribution in [0.25, 0.3) is 0 Å². The molecule has 2 atom stereocenters. The van der Waals surface area contributed by atoms with Gasteiger partial charge in [0.05, 0.1) is 0 Å². The molecule has 1 saturated heterocycles. The van der Waals surface area contributed by atoms with Crippen LogP contribution in [0.3, 0.4) is 0 Å². The van der Waals surface area contributed by atoms with Gasteiger partial charge in [-0.05, 0) is 30.7 Å². The normalized spacial score (nSPS) is 26.4. The molecule has 88 valence electrons. The highest BCUT2D eigenvalue weighted by Gasteiger charge is 2.19. The van der Waals surface area contributed by atoms with Crippen LogP contribution < -0.4 is 5.32 Å². The Labute approximate surface area is 111 Å². The molecule has 0 spiro atoms. The fourth-order valence-corrected chi connectivity index (χ4v) is 3.93. The highest BCUT2D eigenvalue weighted by Crippen LogP contribution is 2.27. The Bertz CT molecular complexity index is 413. The van der Waals surface area contributed by atoms with Crippen LogP contribution in [0.4, 0.5) is 0 Å². The maximum atomic E-state index is 11.7. The molecule has 2 rings (SSSR count). The predicted octanol–water partition coefficient (Wildman–Crippen LogP) is 2.89. The minimum Gasteiger partial charge on any atom is -0.309 e. The lowest BCUT2D eigenvalue weighted by Crippen LogP contribution is -2.24. The Hall–Kier alpha value is 0.1000. The van der Waals surface area contributed by atoms with Crippen LogP contribution in [0.2, 0.25) is 5.02 Å². The van der Waals surface area contributed by atoms with Crippen LogP contribution >= 0.6 is 27.5 Å². The van der Waals surface area contributed by atoms with E-state index in [0.717, 1.165) is 33.8 Å². The van der Waals surface area contributed by atoms with Gasteiger partial charge in [0.1, 0.15) is 0 Å². The number of hydrogen-bond acceptors (Lipinski definition) is 2. The molecule has 0 amide bonds. The number of hydrogen-bond donors (Lipinski definition) is 1. The first kappa shape index (κ1) is 12.6. The molecular formula is C11H13BrClNOS. The summed E-state index contributed by atoms with van der Waals surface area (Å²) in [5.74, 6) is 1.44. The third-order valence-electron chi connectivity index (χ3n) is 2.63. The van der Waals surface area contributed by atoms with Crippen molar-refractivity contribution < 1.29 is 4.21 Å². The molecule has 1 heterocycles. The van der Waals surface area contributed by atoms with Gasteiger partial charge in [-0.1, -0.05) is 33.6 Å². The van der Waals surface area contributed by atoms with Gasteiger partial charge in [-0.3, -0.25) is 4.21 Å². The molecule has 1 aliphatic rings. The summed E-state index contributed by atoms with van der Waals surface area (Å²) in [7, 11) is -0.735. The van der Waals surface area contributed by atoms with Crippen LogP contribution in [0, 0.1) is 0 Å². The summed E-state index contributed by atoms with van der Waals surface area (Å²) in [6.45, 7) is 0.906. The van der Waals surface area contributed by atoms with Crippen LogP contribution in [-0.4, -0.2) is 22.3 Å². The smallest absolute Gasteiger partial charge is 0.0465 e. The minimum atomic E-state index is -0.735. The molecule has 1 aromatic rings. The van der Waals surface area contributed by atoms with E-state index in [-0.39, 0.29) is 6.04 Å². The molecule has 0 aliphatic carbocycles. The monoisotopic (exact) mass is 321 g/mol. The number of halogens is 2. The average molecular weight is 323 g/mol. The van der Waals surface area contributed by atoms with E-state index < -0.39 is 10.8 Å². The van der Waals surface area contributed by atoms with E-state index in [4.69, 9.17) is 11.6 Å². The van der Waals surface area contributed by atoms with Gasteiger partial charge in [0.15, 0.2) is 0 Å². The third-order valence-corrected chi connectivity index (χ3v) is 4.90. The fourth-order valence-electron chi connectivity index (χ4n) is 1.82. The predicted molar refractivity (Wildman–Crippen MR) is 72.4 cm³/mol. The van der Waals surface area contributed by atoms with E-state index in [9.17, 15) is 4.21 Å². The summed E-state index contributed by atoms with van der Waals surface area (Å²) in [6, 6.07) is 5.96. The second kappa shape index (κ2) is 5.63. The molecule has 16 heavy (non-hydrogen) atoms. The molecule has 0 bridgehead atoms. The lowest BCUT2D eigenvalue weighted by molar-refractivity contribution is 0.587. The van der Waals surface area contributed by atoms with Crippen molar-refractivity contribution >= 4 is 38.3 Å². The van der Waals surface area contributed by atoms with E-state index in [0.29, 0.717) is 5.75 Å². The van der Waals surface area contributed by atoms with Crippen LogP contribution in [0.15, 0.2) is 22.7 Å². The molecule has 1 N–H and O–H groups in total. The first-order valence-corrected chi connectivity index (χ1v) is 7.86. The maximum absolute atomic E-state index is 11.7. The lowest BCUT2D eigenvalue weighted by Gasteiger charge is -2.17. The molecule has 1 fully saturated rings. The Balaban J connectivity index is 2.24. The average Bonchev–Trinajstić information content (AvgIpc) is 2.43. The van der Waals surface area contributed by atoms with Crippen molar-refractivity contribution in [1.29, 1.82) is 0 Å². The van der Waals surface area contributed by atoms with Crippen LogP contribution in [-0.2, 0) is 10.8 Å². The zero-order valence-electron chi connectivity index (χ0n) is 8.71. The first-order chi connectivity index (χ1) is 7.66. The molecule has 1 aliphatic heterocycles. The second-order valence-corrected chi connectivity index (χ2v) is 6.78. The summed E-state index contributed by atoms with van der Waals surface area (Å²) in [5, 5.41) is 4.12. The van der Waals surface area contributed by atoms with E-state index in [1.54, 1.807) is 0 Å². The fraction of sp³-hybridized carbons (Fsp3) is 0.455. The van der Waals surface area contributed by atoms with Crippen molar-refractivity contribution in [3.63, 3.8) is 0 Å². The van der Waals surface area contributed by atoms with Gasteiger partial charge in [0.2, 0.25) is 0 Å². The van der Waals surface area contributed by atoms with E-state index in [1.807, 2.05) is 18.2 Å². The van der Waals surface area contributed by atoms with Crippen molar-refractivity contribution in [1.82, 2.24) is 5.32 Å². The molecule has 0 radical (unpaired) electrons. The summed E-state index contributed by atoms with van der Waals surface area (Å²) in [5.41, 5.74) is 1.04. The molecule has 5 heteroatoms. The van der Waals surface area contributed by atoms with Crippen molar-refractivity contribution in [2.75, 3.05) is 18.1 Å². The largest absolute Gasteiger partial charge is 0.309 e. The van der Waals surface area contributed by atoms with Crippen molar-refractivity contribution in [3.05, 3.63) is 33.3 Å². The molecule has 2 unspecified atom stereocenters. The van der Waals surface area contributed by atoms with Gasteiger partial charge < -0.3 is 5.32 Å². The third kappa shape index (κ3) is 3.06. The zero-order valence-corrected chi connectivity index (χ0v) is 11.9. The molecule has 1 aromatic carbocycles. The van der Waals surface area contributed by atoms with Crippen molar-refractivity contribution in [2.24, 2.45) is 0 Å². The summed E-state index contributed by atoms with van der Waals surface area (Å²) in [6.07, 6.45) is 0.970. The molecule has 2 nitrogen and oxygen atoms in total. The Morgan fingerprint density at radius 2 is 2.31 bits per heavy atom. The second-order valence-electron chi connectivity index (χ2n) is 3.84. The van der Waals surface area contributed by atoms with Crippen molar-refractivity contribution in [3.8, 4) is 0 Å².